The van der Waals surface area contributed by atoms with Crippen LogP contribution in [0, 0.1) is 10.2 Å². The third-order valence-corrected chi connectivity index (χ3v) is 2.26. The molecule has 8 N–H and O–H groups in total. The SMILES string of the molecule is NCCCNCCCCNCCCN.O=C(O)C(=O)O.[Co].[O-][Cl+3]([O-])([O-])[O-]. The van der Waals surface area contributed by atoms with Crippen LogP contribution in [0.2, 0.25) is 0 Å². The number of carboxylic acid groups (broad SMARTS) is 2. The smallest absolute Gasteiger partial charge is 0.414 e. The van der Waals surface area contributed by atoms with Gasteiger partial charge in [0.1, 0.15) is 0 Å². The topological polar surface area (TPSA) is 243 Å². The number of rotatable bonds is 11. The molecule has 0 aromatic heterocycles. The van der Waals surface area contributed by atoms with E-state index in [4.69, 9.17) is 49.9 Å². The van der Waals surface area contributed by atoms with Crippen molar-refractivity contribution in [1.82, 2.24) is 10.6 Å². The first-order valence-corrected chi connectivity index (χ1v) is 8.69. The van der Waals surface area contributed by atoms with Crippen molar-refractivity contribution in [1.29, 1.82) is 0 Å². The molecule has 1 radical (unpaired) electrons. The Kier molecular flexibility index (Phi) is 31.0. The molecule has 14 heteroatoms. The summed E-state index contributed by atoms with van der Waals surface area (Å²) in [5, 5.41) is 21.5. The second-order valence-electron chi connectivity index (χ2n) is 4.48. The van der Waals surface area contributed by atoms with Gasteiger partial charge in [0.15, 0.2) is 0 Å². The maximum atomic E-state index is 9.10. The summed E-state index contributed by atoms with van der Waals surface area (Å²) in [4.78, 5) is 18.2. The van der Waals surface area contributed by atoms with Gasteiger partial charge in [0, 0.05) is 16.8 Å². The van der Waals surface area contributed by atoms with Gasteiger partial charge >= 0.3 is 11.9 Å². The number of carboxylic acids is 2. The van der Waals surface area contributed by atoms with Gasteiger partial charge in [-0.3, -0.25) is 0 Å². The zero-order valence-corrected chi connectivity index (χ0v) is 16.1. The number of nitrogens with two attached hydrogens (primary N) is 2. The van der Waals surface area contributed by atoms with Crippen LogP contribution in [0.3, 0.4) is 0 Å². The van der Waals surface area contributed by atoms with Gasteiger partial charge in [-0.25, -0.2) is 28.2 Å². The van der Waals surface area contributed by atoms with E-state index < -0.39 is 22.2 Å². The number of carbonyl (C=O) groups is 2. The van der Waals surface area contributed by atoms with Gasteiger partial charge in [0.2, 0.25) is 0 Å². The van der Waals surface area contributed by atoms with Gasteiger partial charge < -0.3 is 32.3 Å². The van der Waals surface area contributed by atoms with E-state index in [2.05, 4.69) is 10.6 Å². The summed E-state index contributed by atoms with van der Waals surface area (Å²) < 4.78 is 34.0. The second kappa shape index (κ2) is 24.4. The average Bonchev–Trinajstić information content (AvgIpc) is 2.48. The van der Waals surface area contributed by atoms with Crippen molar-refractivity contribution in [3.8, 4) is 0 Å². The third-order valence-electron chi connectivity index (χ3n) is 2.26. The quantitative estimate of drug-likeness (QED) is 0.127. The molecule has 0 aromatic rings. The third kappa shape index (κ3) is 56.6. The summed E-state index contributed by atoms with van der Waals surface area (Å²) >= 11 is 0. The molecule has 0 bridgehead atoms. The molecule has 0 aliphatic heterocycles. The number of nitrogens with one attached hydrogen (secondary N) is 2. The van der Waals surface area contributed by atoms with Crippen LogP contribution in [-0.4, -0.2) is 61.4 Å². The fraction of sp³-hybridized carbons (Fsp3) is 0.833. The van der Waals surface area contributed by atoms with Crippen LogP contribution in [0.5, 0.6) is 0 Å². The van der Waals surface area contributed by atoms with E-state index in [0.717, 1.165) is 52.1 Å². The summed E-state index contributed by atoms with van der Waals surface area (Å²) in [5.41, 5.74) is 10.8. The van der Waals surface area contributed by atoms with Crippen LogP contribution in [0.15, 0.2) is 0 Å². The zero-order valence-electron chi connectivity index (χ0n) is 14.3. The first kappa shape index (κ1) is 33.0. The standard InChI is InChI=1S/C10H26N4.C2H2O4.ClHO4.Co/c11-5-3-9-13-7-1-2-8-14-10-4-6-12;3-1(4)2(5)6;2-1(3,4)5;/h13-14H,1-12H2;(H,3,4)(H,5,6);(H,2,3,4,5);/p-1. The molecule has 0 aromatic carbocycles. The minimum absolute atomic E-state index is 0. The van der Waals surface area contributed by atoms with E-state index in [1.807, 2.05) is 0 Å². The molecule has 0 fully saturated rings. The molecule has 26 heavy (non-hydrogen) atoms. The van der Waals surface area contributed by atoms with Crippen molar-refractivity contribution in [2.45, 2.75) is 25.7 Å². The molecule has 12 nitrogen and oxygen atoms in total. The van der Waals surface area contributed by atoms with E-state index in [1.54, 1.807) is 0 Å². The Morgan fingerprint density at radius 3 is 1.15 bits per heavy atom. The van der Waals surface area contributed by atoms with E-state index >= 15 is 0 Å². The van der Waals surface area contributed by atoms with Gasteiger partial charge in [-0.1, -0.05) is 0 Å². The number of unbranched alkanes of at least 4 members (excludes halogenated alkanes) is 1. The molecule has 0 amide bonds. The van der Waals surface area contributed by atoms with Crippen LogP contribution in [0.4, 0.5) is 0 Å². The molecular formula is C12H28ClCoN4O8-. The van der Waals surface area contributed by atoms with Crippen LogP contribution in [0.1, 0.15) is 25.7 Å². The van der Waals surface area contributed by atoms with Crippen LogP contribution in [-0.2, 0) is 26.4 Å². The monoisotopic (exact) mass is 450 g/mol. The first-order chi connectivity index (χ1) is 11.6. The second-order valence-corrected chi connectivity index (χ2v) is 5.24. The van der Waals surface area contributed by atoms with Gasteiger partial charge in [0.25, 0.3) is 0 Å². The van der Waals surface area contributed by atoms with Crippen molar-refractivity contribution < 1.29 is 65.5 Å². The summed E-state index contributed by atoms with van der Waals surface area (Å²) in [5.74, 6) is -3.65. The Morgan fingerprint density at radius 1 is 0.731 bits per heavy atom. The van der Waals surface area contributed by atoms with E-state index in [1.165, 1.54) is 12.8 Å². The zero-order chi connectivity index (χ0) is 20.1. The van der Waals surface area contributed by atoms with Crippen molar-refractivity contribution in [3.05, 3.63) is 0 Å². The van der Waals surface area contributed by atoms with Gasteiger partial charge in [-0.05, 0) is 65.0 Å². The Bertz CT molecular complexity index is 294. The molecule has 0 saturated heterocycles. The summed E-state index contributed by atoms with van der Waals surface area (Å²) in [7, 11) is -4.94. The predicted molar refractivity (Wildman–Crippen MR) is 77.6 cm³/mol. The Morgan fingerprint density at radius 2 is 0.962 bits per heavy atom. The van der Waals surface area contributed by atoms with Crippen molar-refractivity contribution in [2.75, 3.05) is 39.3 Å². The molecule has 0 spiro atoms. The Labute approximate surface area is 164 Å². The maximum absolute atomic E-state index is 9.10. The largest absolute Gasteiger partial charge is 0.473 e. The van der Waals surface area contributed by atoms with Crippen molar-refractivity contribution in [3.63, 3.8) is 0 Å². The minimum Gasteiger partial charge on any atom is -0.473 e. The van der Waals surface area contributed by atoms with E-state index in [0.29, 0.717) is 0 Å². The molecule has 0 unspecified atom stereocenters. The summed E-state index contributed by atoms with van der Waals surface area (Å²) in [6, 6.07) is 0. The molecule has 0 rings (SSSR count). The molecular weight excluding hydrogens is 423 g/mol. The molecule has 0 aliphatic rings. The predicted octanol–water partition coefficient (Wildman–Crippen LogP) is -5.96. The van der Waals surface area contributed by atoms with E-state index in [-0.39, 0.29) is 16.8 Å². The summed E-state index contributed by atoms with van der Waals surface area (Å²) in [6.45, 7) is 5.90. The van der Waals surface area contributed by atoms with Crippen molar-refractivity contribution >= 4 is 11.9 Å². The average molecular weight is 451 g/mol. The molecule has 0 heterocycles. The normalized spacial score (nSPS) is 9.77. The minimum atomic E-state index is -4.94. The van der Waals surface area contributed by atoms with Gasteiger partial charge in [0.05, 0.1) is 0 Å². The fourth-order valence-corrected chi connectivity index (χ4v) is 1.20. The molecule has 161 valence electrons. The Hall–Kier alpha value is -0.584. The van der Waals surface area contributed by atoms with Crippen molar-refractivity contribution in [2.24, 2.45) is 11.5 Å². The Balaban J connectivity index is -0.000000168. The first-order valence-electron chi connectivity index (χ1n) is 7.45. The number of hydrogen-bond acceptors (Lipinski definition) is 10. The molecule has 0 atom stereocenters. The van der Waals surface area contributed by atoms with Crippen LogP contribution in [0.25, 0.3) is 0 Å². The summed E-state index contributed by atoms with van der Waals surface area (Å²) in [6.07, 6.45) is 4.63. The van der Waals surface area contributed by atoms with Crippen LogP contribution >= 0.6 is 0 Å². The van der Waals surface area contributed by atoms with Gasteiger partial charge in [-0.2, -0.15) is 0 Å². The number of aliphatic carboxylic acids is 2. The van der Waals surface area contributed by atoms with E-state index in [9.17, 15) is 0 Å². The number of halogens is 1. The maximum Gasteiger partial charge on any atom is 0.414 e. The fourth-order valence-electron chi connectivity index (χ4n) is 1.20. The van der Waals surface area contributed by atoms with Gasteiger partial charge in [-0.15, -0.1) is 10.2 Å². The molecule has 0 aliphatic carbocycles. The molecule has 0 saturated carbocycles. The number of hydrogen-bond donors (Lipinski definition) is 6. The van der Waals surface area contributed by atoms with Crippen LogP contribution < -0.4 is 40.7 Å².